The first kappa shape index (κ1) is 16.3. The zero-order chi connectivity index (χ0) is 15.1. The zero-order valence-electron chi connectivity index (χ0n) is 12.7. The molecular weight excluding hydrogens is 256 g/mol. The Labute approximate surface area is 120 Å². The van der Waals surface area contributed by atoms with Crippen LogP contribution in [0.4, 0.5) is 0 Å². The van der Waals surface area contributed by atoms with Crippen molar-refractivity contribution < 1.29 is 14.3 Å². The number of methoxy groups -OCH3 is 1. The summed E-state index contributed by atoms with van der Waals surface area (Å²) in [7, 11) is 1.57. The molecule has 0 bridgehead atoms. The molecule has 0 spiro atoms. The van der Waals surface area contributed by atoms with Gasteiger partial charge < -0.3 is 20.1 Å². The minimum Gasteiger partial charge on any atom is -0.493 e. The van der Waals surface area contributed by atoms with E-state index in [4.69, 9.17) is 15.2 Å². The van der Waals surface area contributed by atoms with Crippen molar-refractivity contribution in [3.05, 3.63) is 23.8 Å². The van der Waals surface area contributed by atoms with Crippen molar-refractivity contribution in [3.8, 4) is 11.5 Å². The lowest BCUT2D eigenvalue weighted by atomic mass is 10.2. The van der Waals surface area contributed by atoms with Crippen LogP contribution in [0, 0.1) is 0 Å². The van der Waals surface area contributed by atoms with Crippen molar-refractivity contribution in [1.82, 2.24) is 4.90 Å². The van der Waals surface area contributed by atoms with Crippen LogP contribution >= 0.6 is 0 Å². The van der Waals surface area contributed by atoms with Crippen molar-refractivity contribution in [2.75, 3.05) is 20.2 Å². The lowest BCUT2D eigenvalue weighted by Gasteiger charge is -2.24. The molecule has 1 unspecified atom stereocenters. The molecule has 0 aliphatic carbocycles. The van der Waals surface area contributed by atoms with Gasteiger partial charge in [0.05, 0.1) is 7.11 Å². The van der Waals surface area contributed by atoms with E-state index in [9.17, 15) is 4.79 Å². The predicted molar refractivity (Wildman–Crippen MR) is 78.9 cm³/mol. The van der Waals surface area contributed by atoms with E-state index in [0.717, 1.165) is 5.56 Å². The van der Waals surface area contributed by atoms with Crippen molar-refractivity contribution in [2.45, 2.75) is 33.4 Å². The second-order valence-electron chi connectivity index (χ2n) is 4.46. The van der Waals surface area contributed by atoms with E-state index in [0.29, 0.717) is 31.1 Å². The quantitative estimate of drug-likeness (QED) is 0.827. The third-order valence-corrected chi connectivity index (χ3v) is 3.19. The summed E-state index contributed by atoms with van der Waals surface area (Å²) in [6.07, 6.45) is -0.549. The fraction of sp³-hybridized carbons (Fsp3) is 0.533. The number of nitrogens with two attached hydrogens (primary N) is 1. The summed E-state index contributed by atoms with van der Waals surface area (Å²) in [6, 6.07) is 5.48. The standard InChI is InChI=1S/C15H24N2O3/c1-5-17(6-2)15(18)11(3)20-13-8-7-12(10-16)9-14(13)19-4/h7-9,11H,5-6,10,16H2,1-4H3. The number of ether oxygens (including phenoxy) is 2. The number of amides is 1. The first-order chi connectivity index (χ1) is 9.57. The molecule has 1 atom stereocenters. The monoisotopic (exact) mass is 280 g/mol. The maximum absolute atomic E-state index is 12.2. The number of nitrogens with zero attached hydrogens (tertiary/aromatic N) is 1. The number of hydrogen-bond donors (Lipinski definition) is 1. The molecular formula is C15H24N2O3. The van der Waals surface area contributed by atoms with Gasteiger partial charge in [-0.15, -0.1) is 0 Å². The minimum atomic E-state index is -0.549. The molecule has 1 aromatic carbocycles. The molecule has 2 N–H and O–H groups in total. The summed E-state index contributed by atoms with van der Waals surface area (Å²) in [5.41, 5.74) is 6.55. The lowest BCUT2D eigenvalue weighted by molar-refractivity contribution is -0.137. The minimum absolute atomic E-state index is 0.0278. The number of benzene rings is 1. The molecule has 1 amide bonds. The molecule has 0 fully saturated rings. The molecule has 20 heavy (non-hydrogen) atoms. The van der Waals surface area contributed by atoms with Crippen LogP contribution in [-0.4, -0.2) is 37.1 Å². The lowest BCUT2D eigenvalue weighted by Crippen LogP contribution is -2.40. The molecule has 5 heteroatoms. The Morgan fingerprint density at radius 2 is 1.95 bits per heavy atom. The van der Waals surface area contributed by atoms with Crippen molar-refractivity contribution >= 4 is 5.91 Å². The van der Waals surface area contributed by atoms with Crippen LogP contribution in [0.25, 0.3) is 0 Å². The fourth-order valence-corrected chi connectivity index (χ4v) is 1.97. The van der Waals surface area contributed by atoms with Gasteiger partial charge in [-0.1, -0.05) is 6.07 Å². The van der Waals surface area contributed by atoms with E-state index < -0.39 is 6.10 Å². The Hall–Kier alpha value is -1.75. The van der Waals surface area contributed by atoms with Crippen LogP contribution in [0.5, 0.6) is 11.5 Å². The third-order valence-electron chi connectivity index (χ3n) is 3.19. The largest absolute Gasteiger partial charge is 0.493 e. The van der Waals surface area contributed by atoms with Crippen LogP contribution in [0.2, 0.25) is 0 Å². The Morgan fingerprint density at radius 1 is 1.30 bits per heavy atom. The zero-order valence-corrected chi connectivity index (χ0v) is 12.7. The molecule has 0 aliphatic heterocycles. The summed E-state index contributed by atoms with van der Waals surface area (Å²) in [5, 5.41) is 0. The molecule has 0 aliphatic rings. The number of rotatable bonds is 7. The molecule has 0 radical (unpaired) electrons. The fourth-order valence-electron chi connectivity index (χ4n) is 1.97. The van der Waals surface area contributed by atoms with Gasteiger partial charge in [0.15, 0.2) is 17.6 Å². The van der Waals surface area contributed by atoms with Gasteiger partial charge in [0.25, 0.3) is 5.91 Å². The smallest absolute Gasteiger partial charge is 0.263 e. The SMILES string of the molecule is CCN(CC)C(=O)C(C)Oc1ccc(CN)cc1OC. The van der Waals surface area contributed by atoms with E-state index in [1.807, 2.05) is 26.0 Å². The summed E-state index contributed by atoms with van der Waals surface area (Å²) in [5.74, 6) is 1.12. The van der Waals surface area contributed by atoms with Gasteiger partial charge in [0.1, 0.15) is 0 Å². The third kappa shape index (κ3) is 3.87. The van der Waals surface area contributed by atoms with E-state index in [1.54, 1.807) is 25.0 Å². The van der Waals surface area contributed by atoms with Crippen LogP contribution in [0.1, 0.15) is 26.3 Å². The molecule has 0 saturated heterocycles. The van der Waals surface area contributed by atoms with Crippen LogP contribution < -0.4 is 15.2 Å². The van der Waals surface area contributed by atoms with Crippen molar-refractivity contribution in [2.24, 2.45) is 5.73 Å². The van der Waals surface area contributed by atoms with Crippen molar-refractivity contribution in [1.29, 1.82) is 0 Å². The first-order valence-corrected chi connectivity index (χ1v) is 6.89. The summed E-state index contributed by atoms with van der Waals surface area (Å²) in [6.45, 7) is 7.43. The number of hydrogen-bond acceptors (Lipinski definition) is 4. The molecule has 5 nitrogen and oxygen atoms in total. The Morgan fingerprint density at radius 3 is 2.45 bits per heavy atom. The van der Waals surface area contributed by atoms with E-state index >= 15 is 0 Å². The summed E-state index contributed by atoms with van der Waals surface area (Å²) < 4.78 is 11.0. The van der Waals surface area contributed by atoms with E-state index in [2.05, 4.69) is 0 Å². The molecule has 0 aromatic heterocycles. The molecule has 1 rings (SSSR count). The topological polar surface area (TPSA) is 64.8 Å². The molecule has 1 aromatic rings. The number of carbonyl (C=O) groups excluding carboxylic acids is 1. The average Bonchev–Trinajstić information content (AvgIpc) is 2.48. The normalized spacial score (nSPS) is 11.8. The van der Waals surface area contributed by atoms with E-state index in [1.165, 1.54) is 0 Å². The Balaban J connectivity index is 2.84. The average molecular weight is 280 g/mol. The van der Waals surface area contributed by atoms with Gasteiger partial charge >= 0.3 is 0 Å². The second-order valence-corrected chi connectivity index (χ2v) is 4.46. The van der Waals surface area contributed by atoms with Crippen LogP contribution in [0.3, 0.4) is 0 Å². The second kappa shape index (κ2) is 7.75. The molecule has 0 heterocycles. The first-order valence-electron chi connectivity index (χ1n) is 6.89. The van der Waals surface area contributed by atoms with Crippen LogP contribution in [0.15, 0.2) is 18.2 Å². The van der Waals surface area contributed by atoms with Gasteiger partial charge in [-0.2, -0.15) is 0 Å². The summed E-state index contributed by atoms with van der Waals surface area (Å²) >= 11 is 0. The van der Waals surface area contributed by atoms with Gasteiger partial charge in [-0.3, -0.25) is 4.79 Å². The Bertz CT molecular complexity index is 445. The maximum atomic E-state index is 12.2. The number of likely N-dealkylation sites (N-methyl/N-ethyl adjacent to an activating group) is 1. The van der Waals surface area contributed by atoms with Gasteiger partial charge in [0.2, 0.25) is 0 Å². The van der Waals surface area contributed by atoms with Crippen molar-refractivity contribution in [3.63, 3.8) is 0 Å². The highest BCUT2D eigenvalue weighted by Gasteiger charge is 2.21. The Kier molecular flexibility index (Phi) is 6.31. The molecule has 112 valence electrons. The summed E-state index contributed by atoms with van der Waals surface area (Å²) in [4.78, 5) is 13.9. The number of carbonyl (C=O) groups is 1. The van der Waals surface area contributed by atoms with Gasteiger partial charge in [0, 0.05) is 19.6 Å². The highest BCUT2D eigenvalue weighted by Crippen LogP contribution is 2.29. The highest BCUT2D eigenvalue weighted by molar-refractivity contribution is 5.80. The van der Waals surface area contributed by atoms with Crippen LogP contribution in [-0.2, 0) is 11.3 Å². The van der Waals surface area contributed by atoms with E-state index in [-0.39, 0.29) is 5.91 Å². The predicted octanol–water partition coefficient (Wildman–Crippen LogP) is 1.79. The molecule has 0 saturated carbocycles. The van der Waals surface area contributed by atoms with Gasteiger partial charge in [-0.25, -0.2) is 0 Å². The highest BCUT2D eigenvalue weighted by atomic mass is 16.5. The maximum Gasteiger partial charge on any atom is 0.263 e. The van der Waals surface area contributed by atoms with Gasteiger partial charge in [-0.05, 0) is 38.5 Å².